The van der Waals surface area contributed by atoms with E-state index in [2.05, 4.69) is 10.6 Å². The first-order chi connectivity index (χ1) is 8.13. The highest BCUT2D eigenvalue weighted by atomic mass is 35.5. The van der Waals surface area contributed by atoms with Crippen molar-refractivity contribution < 1.29 is 9.18 Å². The molecule has 1 saturated heterocycles. The zero-order valence-corrected chi connectivity index (χ0v) is 10.1. The van der Waals surface area contributed by atoms with Crippen LogP contribution in [-0.4, -0.2) is 19.0 Å². The lowest BCUT2D eigenvalue weighted by molar-refractivity contribution is -0.116. The van der Waals surface area contributed by atoms with Crippen LogP contribution < -0.4 is 10.6 Å². The highest BCUT2D eigenvalue weighted by Crippen LogP contribution is 2.19. The third kappa shape index (κ3) is 3.68. The fourth-order valence-corrected chi connectivity index (χ4v) is 2.21. The van der Waals surface area contributed by atoms with Crippen molar-refractivity contribution >= 4 is 23.2 Å². The second-order valence-corrected chi connectivity index (χ2v) is 4.71. The zero-order valence-electron chi connectivity index (χ0n) is 9.30. The molecule has 1 aromatic rings. The lowest BCUT2D eigenvalue weighted by Crippen LogP contribution is -2.18. The van der Waals surface area contributed by atoms with Crippen molar-refractivity contribution in [2.75, 3.05) is 18.4 Å². The van der Waals surface area contributed by atoms with Gasteiger partial charge in [0.25, 0.3) is 0 Å². The van der Waals surface area contributed by atoms with Gasteiger partial charge in [-0.2, -0.15) is 0 Å². The molecule has 1 fully saturated rings. The van der Waals surface area contributed by atoms with Crippen molar-refractivity contribution in [3.05, 3.63) is 29.0 Å². The van der Waals surface area contributed by atoms with Crippen molar-refractivity contribution in [3.8, 4) is 0 Å². The monoisotopic (exact) mass is 256 g/mol. The molecule has 1 aliphatic rings. The summed E-state index contributed by atoms with van der Waals surface area (Å²) in [6.07, 6.45) is 1.47. The summed E-state index contributed by atoms with van der Waals surface area (Å²) in [5.41, 5.74) is 0.408. The van der Waals surface area contributed by atoms with Crippen molar-refractivity contribution in [1.82, 2.24) is 5.32 Å². The maximum Gasteiger partial charge on any atom is 0.224 e. The summed E-state index contributed by atoms with van der Waals surface area (Å²) >= 11 is 5.70. The Labute approximate surface area is 104 Å². The highest BCUT2D eigenvalue weighted by Gasteiger charge is 2.18. The van der Waals surface area contributed by atoms with Crippen LogP contribution in [0.4, 0.5) is 10.1 Å². The molecule has 3 nitrogen and oxygen atoms in total. The Morgan fingerprint density at radius 3 is 3.00 bits per heavy atom. The molecule has 92 valence electrons. The average molecular weight is 257 g/mol. The Bertz CT molecular complexity index is 399. The summed E-state index contributed by atoms with van der Waals surface area (Å²) in [6.45, 7) is 1.83. The third-order valence-corrected chi connectivity index (χ3v) is 3.00. The number of carbonyl (C=O) groups is 1. The van der Waals surface area contributed by atoms with E-state index in [1.165, 1.54) is 18.2 Å². The largest absolute Gasteiger partial charge is 0.326 e. The molecule has 0 saturated carbocycles. The molecule has 0 aromatic heterocycles. The number of anilines is 1. The van der Waals surface area contributed by atoms with Gasteiger partial charge < -0.3 is 10.6 Å². The molecule has 1 aromatic carbocycles. The zero-order chi connectivity index (χ0) is 12.3. The van der Waals surface area contributed by atoms with Crippen molar-refractivity contribution in [2.24, 2.45) is 5.92 Å². The quantitative estimate of drug-likeness (QED) is 0.872. The van der Waals surface area contributed by atoms with E-state index in [1.807, 2.05) is 0 Å². The topological polar surface area (TPSA) is 41.1 Å². The van der Waals surface area contributed by atoms with Gasteiger partial charge in [0, 0.05) is 17.1 Å². The van der Waals surface area contributed by atoms with E-state index in [9.17, 15) is 9.18 Å². The molecule has 0 spiro atoms. The highest BCUT2D eigenvalue weighted by molar-refractivity contribution is 6.30. The summed E-state index contributed by atoms with van der Waals surface area (Å²) < 4.78 is 13.0. The smallest absolute Gasteiger partial charge is 0.224 e. The molecule has 0 bridgehead atoms. The van der Waals surface area contributed by atoms with E-state index in [4.69, 9.17) is 11.6 Å². The first kappa shape index (κ1) is 12.3. The normalized spacial score (nSPS) is 19.3. The maximum absolute atomic E-state index is 13.0. The van der Waals surface area contributed by atoms with Gasteiger partial charge in [-0.1, -0.05) is 11.6 Å². The summed E-state index contributed by atoms with van der Waals surface area (Å²) in [5.74, 6) is -0.172. The number of rotatable bonds is 3. The van der Waals surface area contributed by atoms with E-state index in [-0.39, 0.29) is 10.9 Å². The number of halogens is 2. The molecule has 1 amide bonds. The molecule has 1 heterocycles. The number of amides is 1. The van der Waals surface area contributed by atoms with Crippen LogP contribution in [0, 0.1) is 11.7 Å². The van der Waals surface area contributed by atoms with Gasteiger partial charge in [0.15, 0.2) is 0 Å². The molecule has 2 N–H and O–H groups in total. The van der Waals surface area contributed by atoms with Crippen LogP contribution in [-0.2, 0) is 4.79 Å². The van der Waals surface area contributed by atoms with Crippen LogP contribution >= 0.6 is 11.6 Å². The van der Waals surface area contributed by atoms with Crippen LogP contribution in [0.5, 0.6) is 0 Å². The van der Waals surface area contributed by atoms with Gasteiger partial charge in [-0.3, -0.25) is 4.79 Å². The van der Waals surface area contributed by atoms with E-state index in [0.29, 0.717) is 18.0 Å². The molecular weight excluding hydrogens is 243 g/mol. The SMILES string of the molecule is O=C(CC1CCNC1)Nc1cc(F)cc(Cl)c1. The molecule has 2 rings (SSSR count). The van der Waals surface area contributed by atoms with Crippen LogP contribution in [0.3, 0.4) is 0 Å². The summed E-state index contributed by atoms with van der Waals surface area (Å²) in [7, 11) is 0. The molecule has 1 aliphatic heterocycles. The van der Waals surface area contributed by atoms with Gasteiger partial charge in [-0.05, 0) is 43.6 Å². The first-order valence-electron chi connectivity index (χ1n) is 5.60. The van der Waals surface area contributed by atoms with Crippen LogP contribution in [0.25, 0.3) is 0 Å². The fraction of sp³-hybridized carbons (Fsp3) is 0.417. The Kier molecular flexibility index (Phi) is 3.97. The minimum Gasteiger partial charge on any atom is -0.326 e. The van der Waals surface area contributed by atoms with Crippen LogP contribution in [0.15, 0.2) is 18.2 Å². The van der Waals surface area contributed by atoms with Gasteiger partial charge in [0.05, 0.1) is 0 Å². The second kappa shape index (κ2) is 5.47. The lowest BCUT2D eigenvalue weighted by atomic mass is 10.0. The van der Waals surface area contributed by atoms with E-state index >= 15 is 0 Å². The second-order valence-electron chi connectivity index (χ2n) is 4.27. The van der Waals surface area contributed by atoms with E-state index in [1.54, 1.807) is 0 Å². The van der Waals surface area contributed by atoms with Gasteiger partial charge in [-0.25, -0.2) is 4.39 Å². The van der Waals surface area contributed by atoms with Gasteiger partial charge in [-0.15, -0.1) is 0 Å². The molecular formula is C12H14ClFN2O. The minimum absolute atomic E-state index is 0.0969. The van der Waals surface area contributed by atoms with Gasteiger partial charge >= 0.3 is 0 Å². The molecule has 1 atom stereocenters. The maximum atomic E-state index is 13.0. The summed E-state index contributed by atoms with van der Waals surface area (Å²) in [4.78, 5) is 11.7. The van der Waals surface area contributed by atoms with Crippen molar-refractivity contribution in [1.29, 1.82) is 0 Å². The van der Waals surface area contributed by atoms with Gasteiger partial charge in [0.2, 0.25) is 5.91 Å². The van der Waals surface area contributed by atoms with E-state index < -0.39 is 5.82 Å². The number of carbonyl (C=O) groups excluding carboxylic acids is 1. The predicted molar refractivity (Wildman–Crippen MR) is 65.6 cm³/mol. The van der Waals surface area contributed by atoms with E-state index in [0.717, 1.165) is 19.5 Å². The Hall–Kier alpha value is -1.13. The molecule has 0 radical (unpaired) electrons. The van der Waals surface area contributed by atoms with Crippen molar-refractivity contribution in [3.63, 3.8) is 0 Å². The molecule has 17 heavy (non-hydrogen) atoms. The van der Waals surface area contributed by atoms with Crippen LogP contribution in [0.2, 0.25) is 5.02 Å². The predicted octanol–water partition coefficient (Wildman–Crippen LogP) is 2.42. The standard InChI is InChI=1S/C12H14ClFN2O/c13-9-4-10(14)6-11(5-9)16-12(17)3-8-1-2-15-7-8/h4-6,8,15H,1-3,7H2,(H,16,17). The number of nitrogens with one attached hydrogen (secondary N) is 2. The number of hydrogen-bond donors (Lipinski definition) is 2. The summed E-state index contributed by atoms with van der Waals surface area (Å²) in [5, 5.41) is 6.14. The number of hydrogen-bond acceptors (Lipinski definition) is 2. The number of benzene rings is 1. The molecule has 5 heteroatoms. The Morgan fingerprint density at radius 1 is 1.53 bits per heavy atom. The molecule has 0 aliphatic carbocycles. The fourth-order valence-electron chi connectivity index (χ4n) is 1.99. The third-order valence-electron chi connectivity index (χ3n) is 2.78. The summed E-state index contributed by atoms with van der Waals surface area (Å²) in [6, 6.07) is 4.00. The Balaban J connectivity index is 1.92. The first-order valence-corrected chi connectivity index (χ1v) is 5.98. The van der Waals surface area contributed by atoms with Crippen molar-refractivity contribution in [2.45, 2.75) is 12.8 Å². The van der Waals surface area contributed by atoms with Crippen LogP contribution in [0.1, 0.15) is 12.8 Å². The molecule has 1 unspecified atom stereocenters. The van der Waals surface area contributed by atoms with Gasteiger partial charge in [0.1, 0.15) is 5.82 Å². The minimum atomic E-state index is -0.449. The Morgan fingerprint density at radius 2 is 2.35 bits per heavy atom. The average Bonchev–Trinajstić information content (AvgIpc) is 2.67. The lowest BCUT2D eigenvalue weighted by Gasteiger charge is -2.09.